The number of nitrogens with zero attached hydrogens (tertiary/aromatic N) is 5. The Labute approximate surface area is 323 Å². The lowest BCUT2D eigenvalue weighted by atomic mass is 9.97. The van der Waals surface area contributed by atoms with Crippen LogP contribution in [0.15, 0.2) is 200 Å². The highest BCUT2D eigenvalue weighted by molar-refractivity contribution is 6.20. The van der Waals surface area contributed by atoms with Crippen LogP contribution in [0.4, 0.5) is 0 Å². The van der Waals surface area contributed by atoms with Crippen LogP contribution in [0, 0.1) is 0 Å². The van der Waals surface area contributed by atoms with Gasteiger partial charge in [-0.2, -0.15) is 0 Å². The fourth-order valence-corrected chi connectivity index (χ4v) is 8.10. The lowest BCUT2D eigenvalue weighted by Gasteiger charge is -2.13. The van der Waals surface area contributed by atoms with Gasteiger partial charge in [0.25, 0.3) is 0 Å². The van der Waals surface area contributed by atoms with Crippen molar-refractivity contribution in [1.29, 1.82) is 0 Å². The van der Waals surface area contributed by atoms with Crippen LogP contribution in [0.5, 0.6) is 0 Å². The Morgan fingerprint density at radius 2 is 0.821 bits per heavy atom. The van der Waals surface area contributed by atoms with E-state index in [0.717, 1.165) is 100 Å². The Hall–Kier alpha value is -7.63. The number of hydrogen-bond acceptors (Lipinski definition) is 3. The summed E-state index contributed by atoms with van der Waals surface area (Å²) in [4.78, 5) is 15.8. The van der Waals surface area contributed by atoms with Crippen LogP contribution >= 0.6 is 0 Å². The minimum atomic E-state index is 0.900. The summed E-state index contributed by atoms with van der Waals surface area (Å²) in [6, 6.07) is 70.1. The van der Waals surface area contributed by atoms with E-state index in [2.05, 4.69) is 191 Å². The first kappa shape index (κ1) is 31.9. The minimum Gasteiger partial charge on any atom is -0.292 e. The molecule has 0 saturated heterocycles. The zero-order valence-electron chi connectivity index (χ0n) is 30.3. The zero-order valence-corrected chi connectivity index (χ0v) is 30.3. The number of hydrogen-bond donors (Lipinski definition) is 0. The van der Waals surface area contributed by atoms with Crippen LogP contribution in [-0.2, 0) is 0 Å². The van der Waals surface area contributed by atoms with Gasteiger partial charge in [0.15, 0.2) is 0 Å². The lowest BCUT2D eigenvalue weighted by Crippen LogP contribution is -1.97. The highest BCUT2D eigenvalue weighted by atomic mass is 15.1. The molecule has 262 valence electrons. The van der Waals surface area contributed by atoms with E-state index >= 15 is 0 Å². The summed E-state index contributed by atoms with van der Waals surface area (Å²) in [6.45, 7) is 0. The molecule has 0 spiro atoms. The largest absolute Gasteiger partial charge is 0.292 e. The van der Waals surface area contributed by atoms with Gasteiger partial charge in [-0.1, -0.05) is 152 Å². The summed E-state index contributed by atoms with van der Waals surface area (Å²) in [5, 5.41) is 3.30. The first-order valence-corrected chi connectivity index (χ1v) is 18.9. The van der Waals surface area contributed by atoms with E-state index in [9.17, 15) is 0 Å². The molecule has 0 amide bonds. The van der Waals surface area contributed by atoms with E-state index in [4.69, 9.17) is 15.0 Å². The van der Waals surface area contributed by atoms with Crippen LogP contribution in [0.25, 0.3) is 100 Å². The average Bonchev–Trinajstić information content (AvgIpc) is 3.87. The summed E-state index contributed by atoms with van der Waals surface area (Å²) in [5.41, 5.74) is 13.5. The Balaban J connectivity index is 1.04. The highest BCUT2D eigenvalue weighted by Gasteiger charge is 2.21. The Kier molecular flexibility index (Phi) is 7.42. The maximum atomic E-state index is 5.44. The third-order valence-electron chi connectivity index (χ3n) is 10.7. The van der Waals surface area contributed by atoms with Crippen molar-refractivity contribution >= 4 is 43.7 Å². The normalized spacial score (nSPS) is 11.6. The fourth-order valence-electron chi connectivity index (χ4n) is 8.10. The predicted octanol–water partition coefficient (Wildman–Crippen LogP) is 12.7. The molecular formula is C51H33N5. The fraction of sp³-hybridized carbons (Fsp3) is 0. The standard InChI is InChI=1S/C51H33N5/c1-4-14-37(15-5-1)50-53-44-22-12-13-23-45(44)55(50)40-30-28-35(29-31-40)34-24-26-36(27-25-34)48-47-42(41-20-10-11-21-43(41)52-48)32-33-46-49(47)54-51(38-16-6-2-7-17-38)56(46)39-18-8-3-9-19-39/h1-33H. The third kappa shape index (κ3) is 5.21. The number of imidazole rings is 2. The van der Waals surface area contributed by atoms with Crippen LogP contribution in [0.2, 0.25) is 0 Å². The van der Waals surface area contributed by atoms with Gasteiger partial charge in [0.2, 0.25) is 0 Å². The minimum absolute atomic E-state index is 0.900. The SMILES string of the molecule is c1ccc(-c2nc3ccccc3n2-c2ccc(-c3ccc(-c4nc5ccccc5c5ccc6c(nc(-c7ccccc7)n6-c6ccccc6)c45)cc3)cc2)cc1. The second-order valence-corrected chi connectivity index (χ2v) is 14.1. The van der Waals surface area contributed by atoms with Crippen molar-refractivity contribution in [3.63, 3.8) is 0 Å². The molecule has 0 aliphatic carbocycles. The van der Waals surface area contributed by atoms with Gasteiger partial charge in [0.1, 0.15) is 11.6 Å². The van der Waals surface area contributed by atoms with Gasteiger partial charge < -0.3 is 0 Å². The molecule has 3 aromatic heterocycles. The molecule has 0 aliphatic heterocycles. The predicted molar refractivity (Wildman–Crippen MR) is 230 cm³/mol. The van der Waals surface area contributed by atoms with Crippen molar-refractivity contribution < 1.29 is 0 Å². The molecule has 11 rings (SSSR count). The summed E-state index contributed by atoms with van der Waals surface area (Å²) < 4.78 is 4.52. The van der Waals surface area contributed by atoms with E-state index in [-0.39, 0.29) is 0 Å². The number of aromatic nitrogens is 5. The average molecular weight is 716 g/mol. The molecule has 0 saturated carbocycles. The second kappa shape index (κ2) is 13.0. The molecule has 0 unspecified atom stereocenters. The summed E-state index contributed by atoms with van der Waals surface area (Å²) in [5.74, 6) is 1.83. The molecule has 0 fully saturated rings. The maximum absolute atomic E-state index is 5.44. The molecule has 8 aromatic carbocycles. The molecule has 0 N–H and O–H groups in total. The number of para-hydroxylation sites is 4. The third-order valence-corrected chi connectivity index (χ3v) is 10.7. The quantitative estimate of drug-likeness (QED) is 0.161. The molecule has 3 heterocycles. The van der Waals surface area contributed by atoms with E-state index in [1.807, 2.05) is 18.2 Å². The number of pyridine rings is 1. The van der Waals surface area contributed by atoms with Crippen molar-refractivity contribution in [1.82, 2.24) is 24.1 Å². The molecule has 56 heavy (non-hydrogen) atoms. The van der Waals surface area contributed by atoms with Crippen LogP contribution < -0.4 is 0 Å². The van der Waals surface area contributed by atoms with Crippen LogP contribution in [0.1, 0.15) is 0 Å². The van der Waals surface area contributed by atoms with Gasteiger partial charge in [0, 0.05) is 38.8 Å². The second-order valence-electron chi connectivity index (χ2n) is 14.1. The number of rotatable bonds is 6. The zero-order chi connectivity index (χ0) is 37.0. The number of benzene rings is 8. The van der Waals surface area contributed by atoms with Gasteiger partial charge in [-0.3, -0.25) is 9.13 Å². The molecule has 0 radical (unpaired) electrons. The molecule has 11 aromatic rings. The van der Waals surface area contributed by atoms with E-state index in [0.29, 0.717) is 0 Å². The van der Waals surface area contributed by atoms with Crippen molar-refractivity contribution in [2.75, 3.05) is 0 Å². The van der Waals surface area contributed by atoms with E-state index in [1.165, 1.54) is 0 Å². The first-order chi connectivity index (χ1) is 27.8. The van der Waals surface area contributed by atoms with Gasteiger partial charge in [-0.15, -0.1) is 0 Å². The molecular weight excluding hydrogens is 683 g/mol. The van der Waals surface area contributed by atoms with Gasteiger partial charge in [-0.05, 0) is 65.0 Å². The van der Waals surface area contributed by atoms with Crippen molar-refractivity contribution in [2.45, 2.75) is 0 Å². The Bertz CT molecular complexity index is 3200. The lowest BCUT2D eigenvalue weighted by molar-refractivity contribution is 1.10. The van der Waals surface area contributed by atoms with Crippen molar-refractivity contribution in [3.05, 3.63) is 200 Å². The van der Waals surface area contributed by atoms with E-state index < -0.39 is 0 Å². The van der Waals surface area contributed by atoms with Crippen molar-refractivity contribution in [2.24, 2.45) is 0 Å². The van der Waals surface area contributed by atoms with Gasteiger partial charge >= 0.3 is 0 Å². The molecule has 0 atom stereocenters. The smallest absolute Gasteiger partial charge is 0.145 e. The van der Waals surface area contributed by atoms with Crippen molar-refractivity contribution in [3.8, 4) is 56.5 Å². The Morgan fingerprint density at radius 3 is 1.52 bits per heavy atom. The topological polar surface area (TPSA) is 48.5 Å². The molecule has 0 bridgehead atoms. The van der Waals surface area contributed by atoms with Crippen LogP contribution in [-0.4, -0.2) is 24.1 Å². The summed E-state index contributed by atoms with van der Waals surface area (Å²) in [6.07, 6.45) is 0. The van der Waals surface area contributed by atoms with E-state index in [1.54, 1.807) is 0 Å². The monoisotopic (exact) mass is 715 g/mol. The van der Waals surface area contributed by atoms with Gasteiger partial charge in [-0.25, -0.2) is 15.0 Å². The molecule has 5 nitrogen and oxygen atoms in total. The van der Waals surface area contributed by atoms with Gasteiger partial charge in [0.05, 0.1) is 33.3 Å². The number of fused-ring (bicyclic) bond motifs is 6. The summed E-state index contributed by atoms with van der Waals surface area (Å²) in [7, 11) is 0. The highest BCUT2D eigenvalue weighted by Crippen LogP contribution is 2.40. The van der Waals surface area contributed by atoms with Crippen LogP contribution in [0.3, 0.4) is 0 Å². The molecule has 5 heteroatoms. The Morgan fingerprint density at radius 1 is 0.304 bits per heavy atom. The maximum Gasteiger partial charge on any atom is 0.145 e. The first-order valence-electron chi connectivity index (χ1n) is 18.9. The summed E-state index contributed by atoms with van der Waals surface area (Å²) >= 11 is 0. The molecule has 0 aliphatic rings.